The third-order valence-electron chi connectivity index (χ3n) is 2.42. The molecule has 0 aliphatic heterocycles. The van der Waals surface area contributed by atoms with Crippen LogP contribution in [0.1, 0.15) is 32.1 Å². The van der Waals surface area contributed by atoms with Crippen LogP contribution in [0.3, 0.4) is 0 Å². The van der Waals surface area contributed by atoms with Gasteiger partial charge in [-0.1, -0.05) is 12.8 Å². The molecule has 64 valence electrons. The van der Waals surface area contributed by atoms with Crippen molar-refractivity contribution in [3.63, 3.8) is 0 Å². The van der Waals surface area contributed by atoms with Crippen LogP contribution in [-0.4, -0.2) is 17.1 Å². The standard InChI is InChI=1S/C8H15NO2/c9-7(5-8(10)11)6-3-1-2-4-6/h6-7H,1-5,9H2,(H,10,11)/t7-/m1/s1. The SMILES string of the molecule is N[C@H](CC(=O)O)C1CCCC1. The van der Waals surface area contributed by atoms with Crippen molar-refractivity contribution in [1.29, 1.82) is 0 Å². The molecule has 1 saturated carbocycles. The first kappa shape index (κ1) is 8.53. The highest BCUT2D eigenvalue weighted by atomic mass is 16.4. The predicted octanol–water partition coefficient (Wildman–Crippen LogP) is 0.979. The zero-order valence-corrected chi connectivity index (χ0v) is 6.62. The maximum absolute atomic E-state index is 10.3. The van der Waals surface area contributed by atoms with E-state index in [0.29, 0.717) is 5.92 Å². The van der Waals surface area contributed by atoms with Crippen molar-refractivity contribution in [2.45, 2.75) is 38.1 Å². The second kappa shape index (κ2) is 3.72. The molecule has 0 aromatic rings. The zero-order chi connectivity index (χ0) is 8.27. The smallest absolute Gasteiger partial charge is 0.304 e. The van der Waals surface area contributed by atoms with Gasteiger partial charge in [0.1, 0.15) is 0 Å². The number of aliphatic carboxylic acids is 1. The van der Waals surface area contributed by atoms with Gasteiger partial charge in [0.2, 0.25) is 0 Å². The molecule has 11 heavy (non-hydrogen) atoms. The minimum absolute atomic E-state index is 0.116. The van der Waals surface area contributed by atoms with Gasteiger partial charge in [0.05, 0.1) is 6.42 Å². The van der Waals surface area contributed by atoms with Crippen molar-refractivity contribution in [2.24, 2.45) is 11.7 Å². The van der Waals surface area contributed by atoms with Crippen LogP contribution in [0.2, 0.25) is 0 Å². The van der Waals surface area contributed by atoms with Gasteiger partial charge in [-0.05, 0) is 18.8 Å². The molecular formula is C8H15NO2. The summed E-state index contributed by atoms with van der Waals surface area (Å²) in [5, 5.41) is 8.46. The van der Waals surface area contributed by atoms with Gasteiger partial charge in [-0.3, -0.25) is 4.79 Å². The Morgan fingerprint density at radius 3 is 2.55 bits per heavy atom. The molecule has 1 aliphatic carbocycles. The summed E-state index contributed by atoms with van der Waals surface area (Å²) in [4.78, 5) is 10.3. The summed E-state index contributed by atoms with van der Waals surface area (Å²) in [6, 6.07) is -0.116. The number of carboxylic acid groups (broad SMARTS) is 1. The van der Waals surface area contributed by atoms with E-state index in [1.807, 2.05) is 0 Å². The summed E-state index contributed by atoms with van der Waals surface area (Å²) in [5.41, 5.74) is 5.70. The third kappa shape index (κ3) is 2.50. The van der Waals surface area contributed by atoms with Crippen LogP contribution < -0.4 is 5.73 Å². The molecule has 1 fully saturated rings. The van der Waals surface area contributed by atoms with Gasteiger partial charge in [0, 0.05) is 6.04 Å². The molecule has 0 bridgehead atoms. The summed E-state index contributed by atoms with van der Waals surface area (Å²) in [6.45, 7) is 0. The summed E-state index contributed by atoms with van der Waals surface area (Å²) < 4.78 is 0. The number of carbonyl (C=O) groups is 1. The first-order valence-corrected chi connectivity index (χ1v) is 4.17. The molecule has 0 radical (unpaired) electrons. The second-order valence-electron chi connectivity index (χ2n) is 3.31. The Balaban J connectivity index is 2.28. The largest absolute Gasteiger partial charge is 0.481 e. The fraction of sp³-hybridized carbons (Fsp3) is 0.875. The molecule has 0 aromatic carbocycles. The molecule has 3 nitrogen and oxygen atoms in total. The first-order chi connectivity index (χ1) is 5.20. The van der Waals surface area contributed by atoms with Gasteiger partial charge in [-0.15, -0.1) is 0 Å². The lowest BCUT2D eigenvalue weighted by Gasteiger charge is -2.15. The van der Waals surface area contributed by atoms with E-state index < -0.39 is 5.97 Å². The van der Waals surface area contributed by atoms with E-state index in [4.69, 9.17) is 10.8 Å². The average molecular weight is 157 g/mol. The normalized spacial score (nSPS) is 21.9. The van der Waals surface area contributed by atoms with Gasteiger partial charge in [-0.2, -0.15) is 0 Å². The van der Waals surface area contributed by atoms with E-state index >= 15 is 0 Å². The fourth-order valence-corrected chi connectivity index (χ4v) is 1.75. The Morgan fingerprint density at radius 1 is 1.55 bits per heavy atom. The van der Waals surface area contributed by atoms with Gasteiger partial charge in [-0.25, -0.2) is 0 Å². The van der Waals surface area contributed by atoms with Crippen molar-refractivity contribution < 1.29 is 9.90 Å². The van der Waals surface area contributed by atoms with Crippen molar-refractivity contribution in [3.8, 4) is 0 Å². The van der Waals surface area contributed by atoms with Crippen LogP contribution in [0, 0.1) is 5.92 Å². The van der Waals surface area contributed by atoms with Crippen molar-refractivity contribution >= 4 is 5.97 Å². The number of carboxylic acids is 1. The Labute approximate surface area is 66.6 Å². The van der Waals surface area contributed by atoms with Crippen molar-refractivity contribution in [2.75, 3.05) is 0 Å². The maximum atomic E-state index is 10.3. The predicted molar refractivity (Wildman–Crippen MR) is 42.2 cm³/mol. The molecule has 0 spiro atoms. The summed E-state index contributed by atoms with van der Waals surface area (Å²) >= 11 is 0. The van der Waals surface area contributed by atoms with E-state index in [-0.39, 0.29) is 12.5 Å². The number of hydrogen-bond donors (Lipinski definition) is 2. The van der Waals surface area contributed by atoms with Crippen LogP contribution in [0.25, 0.3) is 0 Å². The van der Waals surface area contributed by atoms with Crippen LogP contribution in [0.15, 0.2) is 0 Å². The second-order valence-corrected chi connectivity index (χ2v) is 3.31. The average Bonchev–Trinajstić information content (AvgIpc) is 2.35. The van der Waals surface area contributed by atoms with E-state index in [0.717, 1.165) is 12.8 Å². The number of rotatable bonds is 3. The van der Waals surface area contributed by atoms with Crippen LogP contribution >= 0.6 is 0 Å². The Bertz CT molecular complexity index is 141. The van der Waals surface area contributed by atoms with Gasteiger partial charge < -0.3 is 10.8 Å². The molecule has 1 rings (SSSR count). The van der Waals surface area contributed by atoms with Crippen molar-refractivity contribution in [3.05, 3.63) is 0 Å². The van der Waals surface area contributed by atoms with Crippen LogP contribution in [0.5, 0.6) is 0 Å². The molecule has 0 unspecified atom stereocenters. The summed E-state index contributed by atoms with van der Waals surface area (Å²) in [5.74, 6) is -0.310. The van der Waals surface area contributed by atoms with Crippen LogP contribution in [-0.2, 0) is 4.79 Å². The van der Waals surface area contributed by atoms with E-state index in [9.17, 15) is 4.79 Å². The van der Waals surface area contributed by atoms with E-state index in [1.165, 1.54) is 12.8 Å². The molecule has 3 N–H and O–H groups in total. The minimum atomic E-state index is -0.774. The summed E-state index contributed by atoms with van der Waals surface area (Å²) in [7, 11) is 0. The van der Waals surface area contributed by atoms with E-state index in [2.05, 4.69) is 0 Å². The van der Waals surface area contributed by atoms with Crippen molar-refractivity contribution in [1.82, 2.24) is 0 Å². The van der Waals surface area contributed by atoms with E-state index in [1.54, 1.807) is 0 Å². The molecule has 0 saturated heterocycles. The third-order valence-corrected chi connectivity index (χ3v) is 2.42. The first-order valence-electron chi connectivity index (χ1n) is 4.17. The molecular weight excluding hydrogens is 142 g/mol. The monoisotopic (exact) mass is 157 g/mol. The maximum Gasteiger partial charge on any atom is 0.304 e. The lowest BCUT2D eigenvalue weighted by Crippen LogP contribution is -2.30. The fourth-order valence-electron chi connectivity index (χ4n) is 1.75. The molecule has 0 heterocycles. The van der Waals surface area contributed by atoms with Gasteiger partial charge in [0.15, 0.2) is 0 Å². The highest BCUT2D eigenvalue weighted by Gasteiger charge is 2.23. The lowest BCUT2D eigenvalue weighted by molar-refractivity contribution is -0.137. The highest BCUT2D eigenvalue weighted by Crippen LogP contribution is 2.27. The Morgan fingerprint density at radius 2 is 2.09 bits per heavy atom. The van der Waals surface area contributed by atoms with Gasteiger partial charge in [0.25, 0.3) is 0 Å². The molecule has 0 aromatic heterocycles. The molecule has 1 atom stereocenters. The number of nitrogens with two attached hydrogens (primary N) is 1. The Kier molecular flexibility index (Phi) is 2.88. The lowest BCUT2D eigenvalue weighted by atomic mass is 9.96. The molecule has 3 heteroatoms. The quantitative estimate of drug-likeness (QED) is 0.641. The Hall–Kier alpha value is -0.570. The number of hydrogen-bond acceptors (Lipinski definition) is 2. The van der Waals surface area contributed by atoms with Crippen LogP contribution in [0.4, 0.5) is 0 Å². The minimum Gasteiger partial charge on any atom is -0.481 e. The molecule has 1 aliphatic rings. The van der Waals surface area contributed by atoms with Gasteiger partial charge >= 0.3 is 5.97 Å². The molecule has 0 amide bonds. The topological polar surface area (TPSA) is 63.3 Å². The summed E-state index contributed by atoms with van der Waals surface area (Å²) in [6.07, 6.45) is 4.81. The zero-order valence-electron chi connectivity index (χ0n) is 6.62. The highest BCUT2D eigenvalue weighted by molar-refractivity contribution is 5.67.